The number of unbranched alkanes of at least 4 members (excludes halogenated alkanes) is 4. The number of ether oxygens (including phenoxy) is 3. The number of rotatable bonds is 51. The molecule has 2 saturated heterocycles. The Morgan fingerprint density at radius 1 is 0.449 bits per heavy atom. The summed E-state index contributed by atoms with van der Waals surface area (Å²) in [6, 6.07) is 6.05. The molecule has 4 rings (SSSR count). The van der Waals surface area contributed by atoms with E-state index >= 15 is 0 Å². The lowest BCUT2D eigenvalue weighted by Crippen LogP contribution is -2.58. The first-order chi connectivity index (χ1) is 56.5. The van der Waals surface area contributed by atoms with E-state index in [-0.39, 0.29) is 211 Å². The van der Waals surface area contributed by atoms with Crippen LogP contribution >= 0.6 is 0 Å². The number of Topliss-reactive ketones (excluding diaryl/α,β-unsaturated/α-hetero) is 3. The summed E-state index contributed by atoms with van der Waals surface area (Å²) >= 11 is 0. The van der Waals surface area contributed by atoms with E-state index in [2.05, 4.69) is 68.8 Å². The van der Waals surface area contributed by atoms with Crippen LogP contribution in [0.15, 0.2) is 65.7 Å². The third-order valence-electron chi connectivity index (χ3n) is 18.8. The van der Waals surface area contributed by atoms with Gasteiger partial charge in [0.15, 0.2) is 11.7 Å². The van der Waals surface area contributed by atoms with E-state index < -0.39 is 169 Å². The van der Waals surface area contributed by atoms with Crippen molar-refractivity contribution in [3.05, 3.63) is 71.8 Å². The van der Waals surface area contributed by atoms with Crippen molar-refractivity contribution in [3.63, 3.8) is 0 Å². The topological polar surface area (TPSA) is 643 Å². The Morgan fingerprint density at radius 3 is 1.46 bits per heavy atom. The largest absolute Gasteiger partial charge is 0.481 e. The van der Waals surface area contributed by atoms with Gasteiger partial charge in [0.1, 0.15) is 53.9 Å². The number of amidine groups is 1. The van der Waals surface area contributed by atoms with Gasteiger partial charge in [0.05, 0.1) is 70.9 Å². The van der Waals surface area contributed by atoms with Crippen LogP contribution < -0.4 is 86.7 Å². The molecule has 118 heavy (non-hydrogen) atoms. The third kappa shape index (κ3) is 43.0. The summed E-state index contributed by atoms with van der Waals surface area (Å²) in [6.45, 7) is 0.0471. The fraction of sp³-hybridized carbons (Fsp3) is 0.603. The SMILES string of the molecule is N=C(N)CCCC[C@H]1NC(=O)[C@@H](CCCCCC(=O)CCOCCNC(=O)CCC(CC(=O)CCOCCN)C(=O)NCCOCCC(=O)NCCCC[C@H]2NC(=O)[C@H](Cc3ccccc3)NC(=O)[C@@H](CC(=O)O)NC(=O)CNC(=O)[C@@H](CCCN=C(N)N)NC2=O)NC(=O)[C@H](Cc2ccccc2)NC(=O)[C@@H](CC(=O)O)NC(=O)CCC1=O. The predicted molar refractivity (Wildman–Crippen MR) is 426 cm³/mol. The molecule has 40 heteroatoms. The number of aliphatic carboxylic acids is 2. The molecule has 0 saturated carbocycles. The Morgan fingerprint density at radius 2 is 0.898 bits per heavy atom. The first-order valence-electron chi connectivity index (χ1n) is 39.9. The van der Waals surface area contributed by atoms with E-state index in [4.69, 9.17) is 42.6 Å². The molecule has 0 spiro atoms. The summed E-state index contributed by atoms with van der Waals surface area (Å²) in [5.74, 6) is -14.1. The number of nitrogens with zero attached hydrogens (tertiary/aromatic N) is 1. The van der Waals surface area contributed by atoms with Gasteiger partial charge in [0.25, 0.3) is 0 Å². The van der Waals surface area contributed by atoms with Crippen molar-refractivity contribution in [2.45, 2.75) is 215 Å². The Kier molecular flexibility index (Phi) is 47.7. The zero-order valence-corrected chi connectivity index (χ0v) is 66.7. The molecule has 2 fully saturated rings. The minimum atomic E-state index is -1.67. The van der Waals surface area contributed by atoms with Gasteiger partial charge in [-0.15, -0.1) is 0 Å². The molecule has 12 amide bonds. The second kappa shape index (κ2) is 56.8. The van der Waals surface area contributed by atoms with Crippen LogP contribution in [0.3, 0.4) is 0 Å². The van der Waals surface area contributed by atoms with E-state index in [0.29, 0.717) is 43.2 Å². The Balaban J connectivity index is 1.24. The molecule has 1 unspecified atom stereocenters. The number of benzene rings is 2. The molecule has 2 aliphatic rings. The molecule has 2 heterocycles. The van der Waals surface area contributed by atoms with Gasteiger partial charge >= 0.3 is 11.9 Å². The van der Waals surface area contributed by atoms with Crippen molar-refractivity contribution in [3.8, 4) is 0 Å². The molecule has 23 N–H and O–H groups in total. The summed E-state index contributed by atoms with van der Waals surface area (Å²) in [7, 11) is 0. The predicted octanol–water partition coefficient (Wildman–Crippen LogP) is -3.08. The van der Waals surface area contributed by atoms with Crippen molar-refractivity contribution < 1.29 is 106 Å². The molecule has 2 aromatic rings. The highest BCUT2D eigenvalue weighted by Crippen LogP contribution is 2.18. The molecule has 652 valence electrons. The molecule has 0 aromatic heterocycles. The average molecular weight is 1660 g/mol. The van der Waals surface area contributed by atoms with E-state index in [1.165, 1.54) is 0 Å². The molecule has 0 radical (unpaired) electrons. The summed E-state index contributed by atoms with van der Waals surface area (Å²) in [6.07, 6.45) is -0.0626. The number of carboxylic acids is 2. The fourth-order valence-electron chi connectivity index (χ4n) is 12.5. The number of hydrogen-bond acceptors (Lipinski definition) is 23. The fourth-order valence-corrected chi connectivity index (χ4v) is 12.5. The van der Waals surface area contributed by atoms with Gasteiger partial charge in [-0.2, -0.15) is 0 Å². The van der Waals surface area contributed by atoms with Crippen LogP contribution in [-0.4, -0.2) is 249 Å². The maximum absolute atomic E-state index is 14.2. The number of nitrogens with two attached hydrogens (primary N) is 4. The molecular weight excluding hydrogens is 1540 g/mol. The number of carbonyl (C=O) groups is 17. The number of hydrogen-bond donors (Lipinski definition) is 19. The standard InChI is InChI=1S/C78H118N18O22/c79-32-40-116-38-30-53(98)45-51(70(108)86-36-42-118-39-31-65(101)84-33-13-12-22-57-73(111)92-55(23-14-34-87-78(82)83)71(109)88-48-67(103)90-61(47-69(106)107)77(115)96-59(75(113)94-57)44-50-17-6-2-7-18-50)25-27-64(100)85-35-41-117-37-29-52(97)19-8-3-9-21-56-72(110)91-54(20-10-11-24-63(80)81)62(99)26-28-66(102)89-60(46-68(104)105)76(114)95-58(74(112)93-56)43-49-15-4-1-5-16-49/h1-2,4-7,15-18,51,54-61H,3,8-14,19-48,79H2,(H3,80,81)(H,84,101)(H,85,100)(H,86,108)(H,88,109)(H,89,102)(H,90,103)(H,91,110)(H,92,111)(H,93,112)(H,94,113)(H,95,114)(H,96,115)(H,104,105)(H,106,107)(H4,82,83,87)/t51?,54-,55-,56-,57-,58+,59+,60-,61-/m1/s1. The first-order valence-corrected chi connectivity index (χ1v) is 39.9. The number of carboxylic acid groups (broad SMARTS) is 2. The van der Waals surface area contributed by atoms with Crippen molar-refractivity contribution in [2.24, 2.45) is 33.8 Å². The van der Waals surface area contributed by atoms with E-state index in [9.17, 15) is 91.7 Å². The average Bonchev–Trinajstić information content (AvgIpc) is 1.30. The van der Waals surface area contributed by atoms with Gasteiger partial charge in [-0.3, -0.25) is 91.9 Å². The van der Waals surface area contributed by atoms with Gasteiger partial charge in [0.2, 0.25) is 70.9 Å². The highest BCUT2D eigenvalue weighted by molar-refractivity contribution is 6.00. The Hall–Kier alpha value is -11.4. The number of carbonyl (C=O) groups excluding carboxylic acids is 15. The number of amides is 12. The minimum absolute atomic E-state index is 0.00216. The molecule has 0 bridgehead atoms. The lowest BCUT2D eigenvalue weighted by Gasteiger charge is -2.26. The number of aliphatic imine (C=N–C) groups is 1. The van der Waals surface area contributed by atoms with Gasteiger partial charge < -0.3 is 111 Å². The zero-order valence-electron chi connectivity index (χ0n) is 66.7. The summed E-state index contributed by atoms with van der Waals surface area (Å²) in [5.41, 5.74) is 23.1. The maximum atomic E-state index is 14.2. The maximum Gasteiger partial charge on any atom is 0.305 e. The Labute approximate surface area is 684 Å². The second-order valence-corrected chi connectivity index (χ2v) is 28.6. The van der Waals surface area contributed by atoms with E-state index in [0.717, 1.165) is 0 Å². The second-order valence-electron chi connectivity index (χ2n) is 28.6. The number of guanidine groups is 1. The third-order valence-corrected chi connectivity index (χ3v) is 18.8. The molecule has 2 aromatic carbocycles. The monoisotopic (exact) mass is 1660 g/mol. The van der Waals surface area contributed by atoms with Crippen molar-refractivity contribution >= 4 is 112 Å². The molecule has 40 nitrogen and oxygen atoms in total. The van der Waals surface area contributed by atoms with Crippen molar-refractivity contribution in [1.29, 1.82) is 5.41 Å². The van der Waals surface area contributed by atoms with E-state index in [1.807, 2.05) is 0 Å². The Bertz CT molecular complexity index is 3680. The van der Waals surface area contributed by atoms with Gasteiger partial charge in [-0.1, -0.05) is 79.9 Å². The van der Waals surface area contributed by atoms with Crippen LogP contribution in [0.5, 0.6) is 0 Å². The summed E-state index contributed by atoms with van der Waals surface area (Å²) in [4.78, 5) is 230. The molecule has 0 aliphatic carbocycles. The lowest BCUT2D eigenvalue weighted by atomic mass is 9.94. The molecular formula is C78H118N18O22. The zero-order chi connectivity index (χ0) is 86.6. The van der Waals surface area contributed by atoms with Crippen LogP contribution in [-0.2, 0) is 109 Å². The first kappa shape index (κ1) is 99.0. The lowest BCUT2D eigenvalue weighted by molar-refractivity contribution is -0.141. The van der Waals surface area contributed by atoms with Crippen LogP contribution in [0.2, 0.25) is 0 Å². The minimum Gasteiger partial charge on any atom is -0.481 e. The van der Waals surface area contributed by atoms with Gasteiger partial charge in [-0.25, -0.2) is 0 Å². The van der Waals surface area contributed by atoms with Gasteiger partial charge in [0, 0.05) is 109 Å². The quantitative estimate of drug-likeness (QED) is 0.0177. The molecule has 9 atom stereocenters. The number of nitrogens with one attached hydrogen (secondary N) is 13. The highest BCUT2D eigenvalue weighted by Gasteiger charge is 2.36. The van der Waals surface area contributed by atoms with E-state index in [1.54, 1.807) is 60.7 Å². The van der Waals surface area contributed by atoms with Gasteiger partial charge in [-0.05, 0) is 75.3 Å². The van der Waals surface area contributed by atoms with Crippen LogP contribution in [0.25, 0.3) is 0 Å². The normalized spacial score (nSPS) is 19.6. The van der Waals surface area contributed by atoms with Crippen LogP contribution in [0, 0.1) is 11.3 Å². The number of ketones is 3. The van der Waals surface area contributed by atoms with Crippen LogP contribution in [0.4, 0.5) is 0 Å². The van der Waals surface area contributed by atoms with Crippen LogP contribution in [0.1, 0.15) is 165 Å². The smallest absolute Gasteiger partial charge is 0.305 e. The van der Waals surface area contributed by atoms with Crippen molar-refractivity contribution in [2.75, 3.05) is 78.9 Å². The highest BCUT2D eigenvalue weighted by atomic mass is 16.5. The summed E-state index contributed by atoms with van der Waals surface area (Å²) in [5, 5.41) is 57.9. The molecule has 2 aliphatic heterocycles. The summed E-state index contributed by atoms with van der Waals surface area (Å²) < 4.78 is 16.6. The van der Waals surface area contributed by atoms with Crippen molar-refractivity contribution in [1.82, 2.24) is 63.8 Å².